The number of hydrogen-bond donors (Lipinski definition) is 1. The number of rotatable bonds is 3. The van der Waals surface area contributed by atoms with Crippen LogP contribution in [0.3, 0.4) is 0 Å². The molecular formula is C9H9BrO3. The molecule has 13 heavy (non-hydrogen) atoms. The van der Waals surface area contributed by atoms with Crippen molar-refractivity contribution >= 4 is 21.9 Å². The van der Waals surface area contributed by atoms with E-state index in [4.69, 9.17) is 9.84 Å². The van der Waals surface area contributed by atoms with Gasteiger partial charge in [-0.05, 0) is 30.7 Å². The zero-order valence-corrected chi connectivity index (χ0v) is 8.67. The van der Waals surface area contributed by atoms with Crippen molar-refractivity contribution < 1.29 is 14.6 Å². The fraction of sp³-hybridized carbons (Fsp3) is 0.222. The highest BCUT2D eigenvalue weighted by Gasteiger charge is 2.02. The van der Waals surface area contributed by atoms with Crippen LogP contribution in [0, 0.1) is 6.92 Å². The number of ether oxygens (including phenoxy) is 1. The van der Waals surface area contributed by atoms with Crippen LogP contribution < -0.4 is 4.74 Å². The minimum absolute atomic E-state index is 0.303. The molecule has 0 saturated carbocycles. The number of carboxylic acid groups (broad SMARTS) is 1. The third kappa shape index (κ3) is 3.06. The van der Waals surface area contributed by atoms with E-state index >= 15 is 0 Å². The highest BCUT2D eigenvalue weighted by Crippen LogP contribution is 2.21. The van der Waals surface area contributed by atoms with Crippen molar-refractivity contribution in [2.45, 2.75) is 6.92 Å². The zero-order valence-electron chi connectivity index (χ0n) is 7.08. The average molecular weight is 245 g/mol. The summed E-state index contributed by atoms with van der Waals surface area (Å²) in [5, 5.41) is 8.39. The molecule has 1 N–H and O–H groups in total. The summed E-state index contributed by atoms with van der Waals surface area (Å²) in [6.45, 7) is 1.56. The Morgan fingerprint density at radius 2 is 2.31 bits per heavy atom. The van der Waals surface area contributed by atoms with Gasteiger partial charge in [0.05, 0.1) is 0 Å². The second-order valence-electron chi connectivity index (χ2n) is 2.59. The molecule has 0 radical (unpaired) electrons. The van der Waals surface area contributed by atoms with E-state index in [9.17, 15) is 4.79 Å². The van der Waals surface area contributed by atoms with Crippen LogP contribution in [-0.4, -0.2) is 17.7 Å². The standard InChI is InChI=1S/C9H9BrO3/c1-6-4-7(10)2-3-8(6)13-5-9(11)12/h2-4H,5H2,1H3,(H,11,12). The van der Waals surface area contributed by atoms with Gasteiger partial charge in [-0.15, -0.1) is 0 Å². The lowest BCUT2D eigenvalue weighted by Crippen LogP contribution is -2.09. The van der Waals surface area contributed by atoms with Crippen molar-refractivity contribution in [2.24, 2.45) is 0 Å². The van der Waals surface area contributed by atoms with Gasteiger partial charge < -0.3 is 9.84 Å². The Bertz CT molecular complexity index is 323. The Morgan fingerprint density at radius 3 is 2.85 bits per heavy atom. The van der Waals surface area contributed by atoms with Crippen molar-refractivity contribution in [3.8, 4) is 5.75 Å². The van der Waals surface area contributed by atoms with E-state index in [1.54, 1.807) is 6.07 Å². The molecule has 0 fully saturated rings. The van der Waals surface area contributed by atoms with Crippen LogP contribution in [0.25, 0.3) is 0 Å². The molecule has 4 heteroatoms. The van der Waals surface area contributed by atoms with E-state index < -0.39 is 5.97 Å². The van der Waals surface area contributed by atoms with E-state index in [2.05, 4.69) is 15.9 Å². The maximum Gasteiger partial charge on any atom is 0.341 e. The minimum atomic E-state index is -0.970. The summed E-state index contributed by atoms with van der Waals surface area (Å²) < 4.78 is 5.98. The third-order valence-electron chi connectivity index (χ3n) is 1.49. The van der Waals surface area contributed by atoms with E-state index in [0.717, 1.165) is 10.0 Å². The van der Waals surface area contributed by atoms with Crippen molar-refractivity contribution in [1.29, 1.82) is 0 Å². The van der Waals surface area contributed by atoms with Gasteiger partial charge >= 0.3 is 5.97 Å². The van der Waals surface area contributed by atoms with Gasteiger partial charge in [0.15, 0.2) is 6.61 Å². The predicted octanol–water partition coefficient (Wildman–Crippen LogP) is 2.22. The summed E-state index contributed by atoms with van der Waals surface area (Å²) in [5.41, 5.74) is 0.913. The minimum Gasteiger partial charge on any atom is -0.482 e. The molecule has 0 aliphatic heterocycles. The van der Waals surface area contributed by atoms with Gasteiger partial charge in [-0.2, -0.15) is 0 Å². The summed E-state index contributed by atoms with van der Waals surface area (Å²) >= 11 is 3.30. The molecule has 0 aliphatic carbocycles. The first-order valence-corrected chi connectivity index (χ1v) is 4.49. The van der Waals surface area contributed by atoms with Gasteiger partial charge in [0.1, 0.15) is 5.75 Å². The topological polar surface area (TPSA) is 46.5 Å². The smallest absolute Gasteiger partial charge is 0.341 e. The van der Waals surface area contributed by atoms with Crippen LogP contribution in [0.5, 0.6) is 5.75 Å². The Labute approximate surface area is 84.5 Å². The lowest BCUT2D eigenvalue weighted by Gasteiger charge is -2.06. The second-order valence-corrected chi connectivity index (χ2v) is 3.51. The lowest BCUT2D eigenvalue weighted by molar-refractivity contribution is -0.139. The van der Waals surface area contributed by atoms with E-state index in [1.165, 1.54) is 0 Å². The molecular weight excluding hydrogens is 236 g/mol. The van der Waals surface area contributed by atoms with Gasteiger partial charge in [0.25, 0.3) is 0 Å². The summed E-state index contributed by atoms with van der Waals surface area (Å²) in [4.78, 5) is 10.2. The molecule has 1 rings (SSSR count). The van der Waals surface area contributed by atoms with Crippen LogP contribution in [-0.2, 0) is 4.79 Å². The number of halogens is 1. The van der Waals surface area contributed by atoms with Gasteiger partial charge in [-0.1, -0.05) is 15.9 Å². The molecule has 0 saturated heterocycles. The highest BCUT2D eigenvalue weighted by atomic mass is 79.9. The fourth-order valence-corrected chi connectivity index (χ4v) is 1.39. The zero-order chi connectivity index (χ0) is 9.84. The molecule has 0 heterocycles. The number of hydrogen-bond acceptors (Lipinski definition) is 2. The average Bonchev–Trinajstić information content (AvgIpc) is 2.02. The van der Waals surface area contributed by atoms with Gasteiger partial charge in [-0.25, -0.2) is 4.79 Å². The molecule has 0 atom stereocenters. The fourth-order valence-electron chi connectivity index (χ4n) is 0.914. The molecule has 0 spiro atoms. The second kappa shape index (κ2) is 4.28. The molecule has 0 unspecified atom stereocenters. The maximum atomic E-state index is 10.2. The van der Waals surface area contributed by atoms with Crippen LogP contribution in [0.1, 0.15) is 5.56 Å². The molecule has 1 aromatic carbocycles. The van der Waals surface area contributed by atoms with Crippen LogP contribution in [0.2, 0.25) is 0 Å². The van der Waals surface area contributed by atoms with Crippen molar-refractivity contribution in [1.82, 2.24) is 0 Å². The van der Waals surface area contributed by atoms with Crippen molar-refractivity contribution in [3.05, 3.63) is 28.2 Å². The third-order valence-corrected chi connectivity index (χ3v) is 1.98. The van der Waals surface area contributed by atoms with E-state index in [1.807, 2.05) is 19.1 Å². The Hall–Kier alpha value is -1.03. The molecule has 3 nitrogen and oxygen atoms in total. The van der Waals surface area contributed by atoms with Gasteiger partial charge in [-0.3, -0.25) is 0 Å². The summed E-state index contributed by atoms with van der Waals surface area (Å²) in [7, 11) is 0. The molecule has 0 aliphatic rings. The number of carbonyl (C=O) groups is 1. The monoisotopic (exact) mass is 244 g/mol. The molecule has 1 aromatic rings. The Morgan fingerprint density at radius 1 is 1.62 bits per heavy atom. The molecule has 70 valence electrons. The van der Waals surface area contributed by atoms with Crippen LogP contribution >= 0.6 is 15.9 Å². The quantitative estimate of drug-likeness (QED) is 0.888. The first-order valence-electron chi connectivity index (χ1n) is 3.70. The first-order chi connectivity index (χ1) is 6.09. The Balaban J connectivity index is 2.72. The van der Waals surface area contributed by atoms with Gasteiger partial charge in [0.2, 0.25) is 0 Å². The largest absolute Gasteiger partial charge is 0.482 e. The number of benzene rings is 1. The molecule has 0 bridgehead atoms. The number of aryl methyl sites for hydroxylation is 1. The Kier molecular flexibility index (Phi) is 3.31. The lowest BCUT2D eigenvalue weighted by atomic mass is 10.2. The SMILES string of the molecule is Cc1cc(Br)ccc1OCC(=O)O. The highest BCUT2D eigenvalue weighted by molar-refractivity contribution is 9.10. The van der Waals surface area contributed by atoms with Crippen LogP contribution in [0.4, 0.5) is 0 Å². The normalized spacial score (nSPS) is 9.69. The van der Waals surface area contributed by atoms with E-state index in [0.29, 0.717) is 5.75 Å². The molecule has 0 aromatic heterocycles. The van der Waals surface area contributed by atoms with Crippen molar-refractivity contribution in [2.75, 3.05) is 6.61 Å². The van der Waals surface area contributed by atoms with Gasteiger partial charge in [0, 0.05) is 4.47 Å². The van der Waals surface area contributed by atoms with E-state index in [-0.39, 0.29) is 6.61 Å². The predicted molar refractivity (Wildman–Crippen MR) is 52.0 cm³/mol. The summed E-state index contributed by atoms with van der Waals surface area (Å²) in [5.74, 6) is -0.368. The first kappa shape index (κ1) is 10.1. The summed E-state index contributed by atoms with van der Waals surface area (Å²) in [6, 6.07) is 5.42. The number of aliphatic carboxylic acids is 1. The van der Waals surface area contributed by atoms with Crippen LogP contribution in [0.15, 0.2) is 22.7 Å². The number of carboxylic acids is 1. The maximum absolute atomic E-state index is 10.2. The molecule has 0 amide bonds. The summed E-state index contributed by atoms with van der Waals surface area (Å²) in [6.07, 6.45) is 0. The van der Waals surface area contributed by atoms with Crippen molar-refractivity contribution in [3.63, 3.8) is 0 Å².